The van der Waals surface area contributed by atoms with Crippen LogP contribution in [0, 0.1) is 0 Å². The van der Waals surface area contributed by atoms with E-state index >= 15 is 0 Å². The zero-order valence-corrected chi connectivity index (χ0v) is 16.9. The summed E-state index contributed by atoms with van der Waals surface area (Å²) in [6, 6.07) is 0. The molecule has 0 saturated carbocycles. The van der Waals surface area contributed by atoms with Crippen LogP contribution in [0.3, 0.4) is 0 Å². The molecule has 0 aromatic carbocycles. The van der Waals surface area contributed by atoms with Gasteiger partial charge in [-0.15, -0.1) is 0 Å². The van der Waals surface area contributed by atoms with E-state index in [4.69, 9.17) is 17.1 Å². The molecule has 7 heteroatoms. The van der Waals surface area contributed by atoms with Gasteiger partial charge in [-0.2, -0.15) is 0 Å². The maximum Gasteiger partial charge on any atom is 0.352 e. The number of rotatable bonds is 5. The van der Waals surface area contributed by atoms with Gasteiger partial charge in [0.25, 0.3) is 0 Å². The van der Waals surface area contributed by atoms with E-state index in [0.29, 0.717) is 16.6 Å². The van der Waals surface area contributed by atoms with Crippen molar-refractivity contribution >= 4 is 27.1 Å². The van der Waals surface area contributed by atoms with Crippen LogP contribution in [0.2, 0.25) is 16.6 Å². The van der Waals surface area contributed by atoms with Crippen molar-refractivity contribution in [2.45, 2.75) is 70.8 Å². The second-order valence-electron chi connectivity index (χ2n) is 6.35. The molecule has 0 aliphatic carbocycles. The molecule has 0 aromatic heterocycles. The van der Waals surface area contributed by atoms with Crippen LogP contribution >= 0.6 is 0 Å². The second-order valence-corrected chi connectivity index (χ2v) is 16.9. The monoisotopic (exact) mass is 322 g/mol. The fraction of sp³-hybridized carbons (Fsp3) is 1.00. The van der Waals surface area contributed by atoms with E-state index in [1.807, 2.05) is 0 Å². The minimum atomic E-state index is -2.34. The van der Waals surface area contributed by atoms with Crippen molar-refractivity contribution in [3.63, 3.8) is 0 Å². The molecular weight excluding hydrogens is 292 g/mol. The molecule has 1 heterocycles. The standard InChI is InChI=1S/C12H30O4Si3/c1-9(2)17-14-18(10(3)4)16-19(15-17,11(5)6)12(7)13-8/h9-12,17-18H,1-8H3. The Hall–Kier alpha value is 0.491. The van der Waals surface area contributed by atoms with Crippen LogP contribution in [0.5, 0.6) is 0 Å². The minimum absolute atomic E-state index is 0.0545. The van der Waals surface area contributed by atoms with E-state index in [-0.39, 0.29) is 5.73 Å². The van der Waals surface area contributed by atoms with Crippen LogP contribution < -0.4 is 0 Å². The molecule has 1 fully saturated rings. The SMILES string of the molecule is COC(C)[Si]1(C(C)C)O[SiH](C(C)C)O[SiH](C(C)C)O1. The first-order valence-electron chi connectivity index (χ1n) is 7.28. The Morgan fingerprint density at radius 2 is 1.26 bits per heavy atom. The zero-order valence-electron chi connectivity index (χ0n) is 13.6. The van der Waals surface area contributed by atoms with Gasteiger partial charge in [0.2, 0.25) is 0 Å². The number of ether oxygens (including phenoxy) is 1. The third-order valence-electron chi connectivity index (χ3n) is 3.68. The van der Waals surface area contributed by atoms with Crippen LogP contribution in [-0.2, 0) is 17.1 Å². The normalized spacial score (nSPS) is 34.3. The first-order valence-corrected chi connectivity index (χ1v) is 12.5. The minimum Gasteiger partial charge on any atom is -0.420 e. The van der Waals surface area contributed by atoms with Gasteiger partial charge in [-0.25, -0.2) is 0 Å². The molecule has 3 atom stereocenters. The first kappa shape index (κ1) is 17.5. The highest BCUT2D eigenvalue weighted by Gasteiger charge is 2.55. The van der Waals surface area contributed by atoms with Crippen molar-refractivity contribution in [1.82, 2.24) is 0 Å². The Labute approximate surface area is 122 Å². The number of methoxy groups -OCH3 is 1. The predicted molar refractivity (Wildman–Crippen MR) is 85.1 cm³/mol. The molecule has 0 N–H and O–H groups in total. The lowest BCUT2D eigenvalue weighted by Gasteiger charge is -2.48. The summed E-state index contributed by atoms with van der Waals surface area (Å²) in [5, 5.41) is 0. The summed E-state index contributed by atoms with van der Waals surface area (Å²) in [5.74, 6) is 0. The third-order valence-corrected chi connectivity index (χ3v) is 15.8. The highest BCUT2D eigenvalue weighted by atomic mass is 28.5. The summed E-state index contributed by atoms with van der Waals surface area (Å²) in [7, 11) is -3.88. The van der Waals surface area contributed by atoms with Crippen molar-refractivity contribution in [1.29, 1.82) is 0 Å². The molecule has 1 aliphatic rings. The summed E-state index contributed by atoms with van der Waals surface area (Å²) in [6.07, 6.45) is 0. The summed E-state index contributed by atoms with van der Waals surface area (Å²) >= 11 is 0. The molecule has 3 unspecified atom stereocenters. The lowest BCUT2D eigenvalue weighted by Crippen LogP contribution is -2.66. The average molecular weight is 323 g/mol. The molecule has 0 bridgehead atoms. The lowest BCUT2D eigenvalue weighted by atomic mass is 10.6. The van der Waals surface area contributed by atoms with Gasteiger partial charge in [0.05, 0.1) is 5.73 Å². The second kappa shape index (κ2) is 6.97. The molecule has 1 aliphatic heterocycles. The topological polar surface area (TPSA) is 36.9 Å². The molecule has 0 aromatic rings. The maximum absolute atomic E-state index is 6.47. The smallest absolute Gasteiger partial charge is 0.352 e. The van der Waals surface area contributed by atoms with E-state index in [1.54, 1.807) is 7.11 Å². The van der Waals surface area contributed by atoms with Gasteiger partial charge in [-0.1, -0.05) is 41.5 Å². The molecule has 0 radical (unpaired) electrons. The highest BCUT2D eigenvalue weighted by Crippen LogP contribution is 2.37. The lowest BCUT2D eigenvalue weighted by molar-refractivity contribution is 0.114. The van der Waals surface area contributed by atoms with Crippen LogP contribution in [0.25, 0.3) is 0 Å². The molecule has 114 valence electrons. The molecular formula is C12H30O4Si3. The van der Waals surface area contributed by atoms with E-state index in [2.05, 4.69) is 48.5 Å². The Kier molecular flexibility index (Phi) is 6.43. The summed E-state index contributed by atoms with van der Waals surface area (Å²) in [5.41, 5.74) is 1.40. The molecule has 0 spiro atoms. The zero-order chi connectivity index (χ0) is 14.8. The van der Waals surface area contributed by atoms with Crippen LogP contribution in [0.15, 0.2) is 0 Å². The summed E-state index contributed by atoms with van der Waals surface area (Å²) in [4.78, 5) is 0. The van der Waals surface area contributed by atoms with Gasteiger partial charge in [-0.05, 0) is 23.5 Å². The molecule has 4 nitrogen and oxygen atoms in total. The van der Waals surface area contributed by atoms with Gasteiger partial charge in [-0.3, -0.25) is 0 Å². The first-order chi connectivity index (χ1) is 8.74. The summed E-state index contributed by atoms with van der Waals surface area (Å²) in [6.45, 7) is 15.3. The summed E-state index contributed by atoms with van der Waals surface area (Å²) < 4.78 is 24.8. The largest absolute Gasteiger partial charge is 0.420 e. The van der Waals surface area contributed by atoms with Gasteiger partial charge >= 0.3 is 27.1 Å². The fourth-order valence-electron chi connectivity index (χ4n) is 2.26. The van der Waals surface area contributed by atoms with Crippen molar-refractivity contribution < 1.29 is 17.1 Å². The molecule has 19 heavy (non-hydrogen) atoms. The molecule has 1 rings (SSSR count). The Bertz CT molecular complexity index is 270. The van der Waals surface area contributed by atoms with Crippen LogP contribution in [0.4, 0.5) is 0 Å². The number of hydrogen-bond acceptors (Lipinski definition) is 4. The average Bonchev–Trinajstić information content (AvgIpc) is 2.36. The molecule has 1 saturated heterocycles. The van der Waals surface area contributed by atoms with Gasteiger partial charge < -0.3 is 17.1 Å². The predicted octanol–water partition coefficient (Wildman–Crippen LogP) is 2.74. The maximum atomic E-state index is 6.47. The van der Waals surface area contributed by atoms with Crippen LogP contribution in [0.1, 0.15) is 48.5 Å². The number of hydrogen-bond donors (Lipinski definition) is 0. The third kappa shape index (κ3) is 3.78. The highest BCUT2D eigenvalue weighted by molar-refractivity contribution is 6.85. The Balaban J connectivity index is 3.06. The van der Waals surface area contributed by atoms with E-state index in [0.717, 1.165) is 0 Å². The Morgan fingerprint density at radius 1 is 0.842 bits per heavy atom. The van der Waals surface area contributed by atoms with Crippen molar-refractivity contribution in [3.05, 3.63) is 0 Å². The Morgan fingerprint density at radius 3 is 1.53 bits per heavy atom. The van der Waals surface area contributed by atoms with Crippen molar-refractivity contribution in [2.24, 2.45) is 0 Å². The van der Waals surface area contributed by atoms with E-state index in [1.165, 1.54) is 0 Å². The van der Waals surface area contributed by atoms with Crippen LogP contribution in [-0.4, -0.2) is 40.0 Å². The van der Waals surface area contributed by atoms with Gasteiger partial charge in [0.1, 0.15) is 0 Å². The van der Waals surface area contributed by atoms with Crippen molar-refractivity contribution in [2.75, 3.05) is 7.11 Å². The van der Waals surface area contributed by atoms with Crippen molar-refractivity contribution in [3.8, 4) is 0 Å². The van der Waals surface area contributed by atoms with Gasteiger partial charge in [0, 0.05) is 7.11 Å². The quantitative estimate of drug-likeness (QED) is 0.729. The molecule has 0 amide bonds. The van der Waals surface area contributed by atoms with E-state index in [9.17, 15) is 0 Å². The fourth-order valence-corrected chi connectivity index (χ4v) is 18.1. The van der Waals surface area contributed by atoms with E-state index < -0.39 is 27.1 Å². The van der Waals surface area contributed by atoms with Gasteiger partial charge in [0.15, 0.2) is 0 Å².